The van der Waals surface area contributed by atoms with Crippen LogP contribution in [-0.4, -0.2) is 74.4 Å². The summed E-state index contributed by atoms with van der Waals surface area (Å²) in [6.45, 7) is 2.85. The zero-order chi connectivity index (χ0) is 19.3. The number of hydrogen-bond acceptors (Lipinski definition) is 5. The molecule has 2 aromatic carbocycles. The van der Waals surface area contributed by atoms with Crippen LogP contribution >= 0.6 is 0 Å². The van der Waals surface area contributed by atoms with Gasteiger partial charge in [-0.05, 0) is 23.3 Å². The Balaban J connectivity index is 1.44. The Kier molecular flexibility index (Phi) is 6.49. The summed E-state index contributed by atoms with van der Waals surface area (Å²) in [6.07, 6.45) is 0.609. The first-order valence-corrected chi connectivity index (χ1v) is 10.9. The van der Waals surface area contributed by atoms with Gasteiger partial charge in [-0.2, -0.15) is 4.31 Å². The standard InChI is InChI=1S/C20H26N2O4S/c1-27(24,25)22-13-11-21(12-14-22)15-19(23)16-26-20-9-7-18(8-10-20)17-5-3-2-4-6-17/h2-10,19,23H,11-16H2,1H3. The molecular weight excluding hydrogens is 364 g/mol. The van der Waals surface area contributed by atoms with Gasteiger partial charge in [0, 0.05) is 32.7 Å². The first kappa shape index (κ1) is 19.8. The molecule has 2 aromatic rings. The van der Waals surface area contributed by atoms with E-state index in [0.29, 0.717) is 32.7 Å². The molecule has 1 fully saturated rings. The van der Waals surface area contributed by atoms with E-state index in [4.69, 9.17) is 4.74 Å². The lowest BCUT2D eigenvalue weighted by Gasteiger charge is -2.34. The zero-order valence-corrected chi connectivity index (χ0v) is 16.3. The number of aliphatic hydroxyl groups is 1. The number of benzene rings is 2. The highest BCUT2D eigenvalue weighted by Gasteiger charge is 2.24. The summed E-state index contributed by atoms with van der Waals surface area (Å²) in [5.41, 5.74) is 2.27. The van der Waals surface area contributed by atoms with Crippen LogP contribution in [0.1, 0.15) is 0 Å². The molecule has 146 valence electrons. The van der Waals surface area contributed by atoms with Gasteiger partial charge in [-0.3, -0.25) is 4.90 Å². The smallest absolute Gasteiger partial charge is 0.211 e. The van der Waals surface area contributed by atoms with Crippen molar-refractivity contribution in [2.24, 2.45) is 0 Å². The van der Waals surface area contributed by atoms with Crippen molar-refractivity contribution in [2.75, 3.05) is 45.6 Å². The zero-order valence-electron chi connectivity index (χ0n) is 15.5. The Morgan fingerprint density at radius 1 is 0.963 bits per heavy atom. The molecule has 1 saturated heterocycles. The summed E-state index contributed by atoms with van der Waals surface area (Å²) in [6, 6.07) is 17.9. The van der Waals surface area contributed by atoms with Crippen molar-refractivity contribution in [3.05, 3.63) is 54.6 Å². The van der Waals surface area contributed by atoms with E-state index in [2.05, 4.69) is 17.0 Å². The van der Waals surface area contributed by atoms with Crippen LogP contribution in [0.15, 0.2) is 54.6 Å². The quantitative estimate of drug-likeness (QED) is 0.779. The van der Waals surface area contributed by atoms with Gasteiger partial charge in [0.1, 0.15) is 18.5 Å². The maximum atomic E-state index is 11.5. The molecule has 1 aliphatic heterocycles. The van der Waals surface area contributed by atoms with Crippen LogP contribution in [-0.2, 0) is 10.0 Å². The molecule has 0 saturated carbocycles. The van der Waals surface area contributed by atoms with Gasteiger partial charge in [0.05, 0.1) is 6.26 Å². The molecule has 1 atom stereocenters. The summed E-state index contributed by atoms with van der Waals surface area (Å²) < 4.78 is 30.2. The first-order chi connectivity index (χ1) is 12.9. The van der Waals surface area contributed by atoms with E-state index < -0.39 is 16.1 Å². The average Bonchev–Trinajstić information content (AvgIpc) is 2.67. The van der Waals surface area contributed by atoms with Crippen LogP contribution in [0.2, 0.25) is 0 Å². The molecule has 27 heavy (non-hydrogen) atoms. The number of nitrogens with zero attached hydrogens (tertiary/aromatic N) is 2. The maximum absolute atomic E-state index is 11.5. The van der Waals surface area contributed by atoms with E-state index in [1.807, 2.05) is 42.5 Å². The minimum absolute atomic E-state index is 0.205. The van der Waals surface area contributed by atoms with Crippen molar-refractivity contribution < 1.29 is 18.3 Å². The molecule has 1 N–H and O–H groups in total. The Bertz CT molecular complexity index is 817. The molecule has 7 heteroatoms. The van der Waals surface area contributed by atoms with E-state index in [0.717, 1.165) is 16.9 Å². The van der Waals surface area contributed by atoms with Gasteiger partial charge in [-0.25, -0.2) is 8.42 Å². The highest BCUT2D eigenvalue weighted by Crippen LogP contribution is 2.22. The molecule has 0 amide bonds. The molecule has 1 unspecified atom stereocenters. The monoisotopic (exact) mass is 390 g/mol. The van der Waals surface area contributed by atoms with Gasteiger partial charge in [-0.1, -0.05) is 42.5 Å². The van der Waals surface area contributed by atoms with E-state index in [-0.39, 0.29) is 6.61 Å². The molecule has 1 heterocycles. The Morgan fingerprint density at radius 3 is 2.15 bits per heavy atom. The maximum Gasteiger partial charge on any atom is 0.211 e. The fourth-order valence-corrected chi connectivity index (χ4v) is 3.99. The lowest BCUT2D eigenvalue weighted by atomic mass is 10.1. The molecule has 0 aromatic heterocycles. The van der Waals surface area contributed by atoms with E-state index >= 15 is 0 Å². The molecular formula is C20H26N2O4S. The van der Waals surface area contributed by atoms with Gasteiger partial charge >= 0.3 is 0 Å². The largest absolute Gasteiger partial charge is 0.491 e. The normalized spacial score (nSPS) is 17.6. The first-order valence-electron chi connectivity index (χ1n) is 9.05. The summed E-state index contributed by atoms with van der Waals surface area (Å²) >= 11 is 0. The van der Waals surface area contributed by atoms with Gasteiger partial charge in [0.25, 0.3) is 0 Å². The Labute approximate surface area is 161 Å². The second-order valence-electron chi connectivity index (χ2n) is 6.82. The third-order valence-corrected chi connectivity index (χ3v) is 5.98. The van der Waals surface area contributed by atoms with Gasteiger partial charge < -0.3 is 9.84 Å². The number of aliphatic hydroxyl groups excluding tert-OH is 1. The predicted molar refractivity (Wildman–Crippen MR) is 106 cm³/mol. The second-order valence-corrected chi connectivity index (χ2v) is 8.80. The summed E-state index contributed by atoms with van der Waals surface area (Å²) in [7, 11) is -3.13. The fourth-order valence-electron chi connectivity index (χ4n) is 3.16. The number of ether oxygens (including phenoxy) is 1. The van der Waals surface area contributed by atoms with E-state index in [1.165, 1.54) is 10.6 Å². The SMILES string of the molecule is CS(=O)(=O)N1CCN(CC(O)COc2ccc(-c3ccccc3)cc2)CC1. The van der Waals surface area contributed by atoms with E-state index in [9.17, 15) is 13.5 Å². The minimum Gasteiger partial charge on any atom is -0.491 e. The van der Waals surface area contributed by atoms with Crippen LogP contribution in [0.3, 0.4) is 0 Å². The lowest BCUT2D eigenvalue weighted by molar-refractivity contribution is 0.0570. The van der Waals surface area contributed by atoms with Crippen LogP contribution in [0.4, 0.5) is 0 Å². The number of sulfonamides is 1. The third-order valence-electron chi connectivity index (χ3n) is 4.67. The van der Waals surface area contributed by atoms with E-state index in [1.54, 1.807) is 0 Å². The summed E-state index contributed by atoms with van der Waals surface area (Å²) in [5.74, 6) is 0.718. The molecule has 1 aliphatic rings. The number of β-amino-alcohol motifs (C(OH)–C–C–N with tert-alkyl or cyclic N) is 1. The molecule has 0 spiro atoms. The summed E-state index contributed by atoms with van der Waals surface area (Å²) in [5, 5.41) is 10.2. The van der Waals surface area contributed by atoms with Crippen molar-refractivity contribution in [2.45, 2.75) is 6.10 Å². The van der Waals surface area contributed by atoms with Crippen LogP contribution in [0.5, 0.6) is 5.75 Å². The average molecular weight is 391 g/mol. The Hall–Kier alpha value is -1.93. The predicted octanol–water partition coefficient (Wildman–Crippen LogP) is 1.67. The molecule has 0 aliphatic carbocycles. The number of piperazine rings is 1. The molecule has 6 nitrogen and oxygen atoms in total. The molecule has 0 bridgehead atoms. The van der Waals surface area contributed by atoms with Crippen molar-refractivity contribution in [3.8, 4) is 16.9 Å². The van der Waals surface area contributed by atoms with Crippen molar-refractivity contribution in [3.63, 3.8) is 0 Å². The van der Waals surface area contributed by atoms with Crippen LogP contribution in [0.25, 0.3) is 11.1 Å². The second kappa shape index (κ2) is 8.84. The number of hydrogen-bond donors (Lipinski definition) is 1. The van der Waals surface area contributed by atoms with Crippen LogP contribution in [0, 0.1) is 0 Å². The van der Waals surface area contributed by atoms with Gasteiger partial charge in [-0.15, -0.1) is 0 Å². The Morgan fingerprint density at radius 2 is 1.56 bits per heavy atom. The summed E-state index contributed by atoms with van der Waals surface area (Å²) in [4.78, 5) is 2.06. The van der Waals surface area contributed by atoms with Crippen molar-refractivity contribution >= 4 is 10.0 Å². The lowest BCUT2D eigenvalue weighted by Crippen LogP contribution is -2.50. The van der Waals surface area contributed by atoms with Crippen molar-refractivity contribution in [1.29, 1.82) is 0 Å². The van der Waals surface area contributed by atoms with Gasteiger partial charge in [0.2, 0.25) is 10.0 Å². The minimum atomic E-state index is -3.13. The van der Waals surface area contributed by atoms with Crippen LogP contribution < -0.4 is 4.74 Å². The molecule has 3 rings (SSSR count). The third kappa shape index (κ3) is 5.77. The van der Waals surface area contributed by atoms with Crippen molar-refractivity contribution in [1.82, 2.24) is 9.21 Å². The fraction of sp³-hybridized carbons (Fsp3) is 0.400. The highest BCUT2D eigenvalue weighted by atomic mass is 32.2. The molecule has 0 radical (unpaired) electrons. The van der Waals surface area contributed by atoms with Gasteiger partial charge in [0.15, 0.2) is 0 Å². The number of rotatable bonds is 7. The highest BCUT2D eigenvalue weighted by molar-refractivity contribution is 7.88. The topological polar surface area (TPSA) is 70.1 Å².